The second kappa shape index (κ2) is 5.70. The third-order valence-electron chi connectivity index (χ3n) is 4.07. The van der Waals surface area contributed by atoms with Gasteiger partial charge in [-0.1, -0.05) is 30.3 Å². The molecule has 0 unspecified atom stereocenters. The van der Waals surface area contributed by atoms with Gasteiger partial charge in [0.15, 0.2) is 5.41 Å². The number of benzene rings is 1. The van der Waals surface area contributed by atoms with Gasteiger partial charge in [-0.25, -0.2) is 0 Å². The lowest BCUT2D eigenvalue weighted by atomic mass is 9.76. The Bertz CT molecular complexity index is 555. The Morgan fingerprint density at radius 1 is 1.13 bits per heavy atom. The predicted molar refractivity (Wildman–Crippen MR) is 67.4 cm³/mol. The van der Waals surface area contributed by atoms with Gasteiger partial charge in [-0.2, -0.15) is 26.3 Å². The molecular weight excluding hydrogens is 328 g/mol. The molecular formula is C14H13F6NO2. The molecule has 0 amide bonds. The number of hydrogen-bond donors (Lipinski definition) is 1. The van der Waals surface area contributed by atoms with E-state index in [1.165, 1.54) is 0 Å². The number of carbonyl (C=O) groups is 1. The number of likely N-dealkylation sites (tertiary alicyclic amines) is 1. The van der Waals surface area contributed by atoms with Gasteiger partial charge in [0.05, 0.1) is 5.92 Å². The molecule has 128 valence electrons. The van der Waals surface area contributed by atoms with Gasteiger partial charge in [0.1, 0.15) is 0 Å². The zero-order valence-corrected chi connectivity index (χ0v) is 11.7. The van der Waals surface area contributed by atoms with E-state index >= 15 is 0 Å². The number of hydrogen-bond acceptors (Lipinski definition) is 2. The van der Waals surface area contributed by atoms with Crippen LogP contribution in [0.15, 0.2) is 30.3 Å². The van der Waals surface area contributed by atoms with Crippen molar-refractivity contribution in [2.24, 2.45) is 11.3 Å². The molecule has 1 atom stereocenters. The Morgan fingerprint density at radius 3 is 2.04 bits per heavy atom. The highest BCUT2D eigenvalue weighted by molar-refractivity contribution is 5.72. The Morgan fingerprint density at radius 2 is 1.65 bits per heavy atom. The van der Waals surface area contributed by atoms with Crippen LogP contribution in [0.25, 0.3) is 0 Å². The summed E-state index contributed by atoms with van der Waals surface area (Å²) in [5.41, 5.74) is -3.75. The van der Waals surface area contributed by atoms with Crippen LogP contribution >= 0.6 is 0 Å². The van der Waals surface area contributed by atoms with Gasteiger partial charge < -0.3 is 5.11 Å². The van der Waals surface area contributed by atoms with E-state index in [9.17, 15) is 31.1 Å². The Balaban J connectivity index is 2.39. The molecule has 1 aliphatic rings. The molecule has 0 aromatic heterocycles. The summed E-state index contributed by atoms with van der Waals surface area (Å²) in [7, 11) is 0. The maximum absolute atomic E-state index is 13.2. The topological polar surface area (TPSA) is 40.5 Å². The number of carboxylic acids is 1. The number of carboxylic acid groups (broad SMARTS) is 1. The molecule has 9 heteroatoms. The third-order valence-corrected chi connectivity index (χ3v) is 4.07. The van der Waals surface area contributed by atoms with Gasteiger partial charge in [0, 0.05) is 19.6 Å². The van der Waals surface area contributed by atoms with Crippen LogP contribution in [0.3, 0.4) is 0 Å². The maximum Gasteiger partial charge on any atom is 0.405 e. The van der Waals surface area contributed by atoms with Gasteiger partial charge >= 0.3 is 18.3 Å². The van der Waals surface area contributed by atoms with Gasteiger partial charge in [-0.05, 0) is 5.56 Å². The standard InChI is InChI=1S/C14H13F6NO2/c15-13(16,17)12(14(18,19)20)8-21(7-10(12)11(22)23)6-9-4-2-1-3-5-9/h1-5,10H,6-8H2,(H,22,23)/t10-/m1/s1. The summed E-state index contributed by atoms with van der Waals surface area (Å²) in [6.07, 6.45) is -11.4. The molecule has 0 bridgehead atoms. The first-order chi connectivity index (χ1) is 10.5. The van der Waals surface area contributed by atoms with E-state index in [0.29, 0.717) is 5.56 Å². The quantitative estimate of drug-likeness (QED) is 0.858. The van der Waals surface area contributed by atoms with Gasteiger partial charge in [0.2, 0.25) is 0 Å². The van der Waals surface area contributed by atoms with Crippen molar-refractivity contribution in [1.82, 2.24) is 4.90 Å². The van der Waals surface area contributed by atoms with Crippen LogP contribution in [-0.2, 0) is 11.3 Å². The van der Waals surface area contributed by atoms with Gasteiger partial charge in [-0.15, -0.1) is 0 Å². The smallest absolute Gasteiger partial charge is 0.405 e. The lowest BCUT2D eigenvalue weighted by molar-refractivity contribution is -0.346. The van der Waals surface area contributed by atoms with Gasteiger partial charge in [-0.3, -0.25) is 9.69 Å². The van der Waals surface area contributed by atoms with Crippen LogP contribution in [0.4, 0.5) is 26.3 Å². The highest BCUT2D eigenvalue weighted by Gasteiger charge is 2.78. The molecule has 0 radical (unpaired) electrons. The molecule has 1 fully saturated rings. The monoisotopic (exact) mass is 341 g/mol. The first-order valence-electron chi connectivity index (χ1n) is 6.61. The Kier molecular flexibility index (Phi) is 4.36. The summed E-state index contributed by atoms with van der Waals surface area (Å²) in [6, 6.07) is 7.96. The van der Waals surface area contributed by atoms with Crippen molar-refractivity contribution in [2.45, 2.75) is 18.9 Å². The summed E-state index contributed by atoms with van der Waals surface area (Å²) < 4.78 is 79.3. The molecule has 23 heavy (non-hydrogen) atoms. The molecule has 1 heterocycles. The fourth-order valence-corrected chi connectivity index (χ4v) is 2.93. The number of alkyl halides is 6. The normalized spacial score (nSPS) is 22.3. The molecule has 2 rings (SSSR count). The van der Waals surface area contributed by atoms with Crippen molar-refractivity contribution >= 4 is 5.97 Å². The van der Waals surface area contributed by atoms with Crippen LogP contribution in [0.1, 0.15) is 5.56 Å². The SMILES string of the molecule is O=C(O)[C@H]1CN(Cc2ccccc2)CC1(C(F)(F)F)C(F)(F)F. The second-order valence-electron chi connectivity index (χ2n) is 5.51. The average Bonchev–Trinajstić information content (AvgIpc) is 2.80. The molecule has 3 nitrogen and oxygen atoms in total. The lowest BCUT2D eigenvalue weighted by Gasteiger charge is -2.36. The van der Waals surface area contributed by atoms with Crippen LogP contribution < -0.4 is 0 Å². The molecule has 0 saturated carbocycles. The van der Waals surface area contributed by atoms with Crippen molar-refractivity contribution in [3.63, 3.8) is 0 Å². The van der Waals surface area contributed by atoms with Crippen molar-refractivity contribution in [1.29, 1.82) is 0 Å². The minimum Gasteiger partial charge on any atom is -0.481 e. The van der Waals surface area contributed by atoms with E-state index < -0.39 is 42.7 Å². The van der Waals surface area contributed by atoms with E-state index in [4.69, 9.17) is 5.11 Å². The molecule has 1 aromatic carbocycles. The number of halogens is 6. The zero-order chi connectivity index (χ0) is 17.5. The summed E-state index contributed by atoms with van der Waals surface area (Å²) in [5, 5.41) is 8.93. The van der Waals surface area contributed by atoms with Crippen molar-refractivity contribution in [3.8, 4) is 0 Å². The third kappa shape index (κ3) is 3.01. The largest absolute Gasteiger partial charge is 0.481 e. The predicted octanol–water partition coefficient (Wildman–Crippen LogP) is 3.31. The van der Waals surface area contributed by atoms with Crippen molar-refractivity contribution < 1.29 is 36.2 Å². The highest BCUT2D eigenvalue weighted by atomic mass is 19.4. The average molecular weight is 341 g/mol. The summed E-state index contributed by atoms with van der Waals surface area (Å²) in [5.74, 6) is -4.69. The second-order valence-corrected chi connectivity index (χ2v) is 5.51. The maximum atomic E-state index is 13.2. The fourth-order valence-electron chi connectivity index (χ4n) is 2.93. The van der Waals surface area contributed by atoms with E-state index in [0.717, 1.165) is 4.90 Å². The Labute approximate surface area is 127 Å². The first-order valence-corrected chi connectivity index (χ1v) is 6.61. The van der Waals surface area contributed by atoms with Crippen LogP contribution in [-0.4, -0.2) is 41.4 Å². The lowest BCUT2D eigenvalue weighted by Crippen LogP contribution is -2.57. The molecule has 1 N–H and O–H groups in total. The molecule has 1 aliphatic heterocycles. The summed E-state index contributed by atoms with van der Waals surface area (Å²) in [6.45, 7) is -2.42. The van der Waals surface area contributed by atoms with Gasteiger partial charge in [0.25, 0.3) is 0 Å². The van der Waals surface area contributed by atoms with Crippen LogP contribution in [0.5, 0.6) is 0 Å². The van der Waals surface area contributed by atoms with E-state index in [-0.39, 0.29) is 6.54 Å². The zero-order valence-electron chi connectivity index (χ0n) is 11.7. The van der Waals surface area contributed by atoms with Crippen LogP contribution in [0.2, 0.25) is 0 Å². The number of nitrogens with zero attached hydrogens (tertiary/aromatic N) is 1. The number of aliphatic carboxylic acids is 1. The summed E-state index contributed by atoms with van der Waals surface area (Å²) in [4.78, 5) is 12.0. The van der Waals surface area contributed by atoms with E-state index in [2.05, 4.69) is 0 Å². The van der Waals surface area contributed by atoms with Crippen LogP contribution in [0, 0.1) is 11.3 Å². The highest BCUT2D eigenvalue weighted by Crippen LogP contribution is 2.58. The number of rotatable bonds is 3. The minimum atomic E-state index is -5.71. The summed E-state index contributed by atoms with van der Waals surface area (Å²) >= 11 is 0. The van der Waals surface area contributed by atoms with Crippen molar-refractivity contribution in [2.75, 3.05) is 13.1 Å². The first kappa shape index (κ1) is 17.6. The van der Waals surface area contributed by atoms with E-state index in [1.54, 1.807) is 30.3 Å². The molecule has 0 aliphatic carbocycles. The molecule has 1 aromatic rings. The Hall–Kier alpha value is -1.77. The fraction of sp³-hybridized carbons (Fsp3) is 0.500. The molecule has 0 spiro atoms. The van der Waals surface area contributed by atoms with Crippen molar-refractivity contribution in [3.05, 3.63) is 35.9 Å². The molecule has 1 saturated heterocycles. The van der Waals surface area contributed by atoms with E-state index in [1.807, 2.05) is 0 Å². The minimum absolute atomic E-state index is 0.182.